The molecule has 2 rings (SSSR count). The van der Waals surface area contributed by atoms with E-state index in [0.717, 1.165) is 11.3 Å². The first kappa shape index (κ1) is 14.2. The highest BCUT2D eigenvalue weighted by Crippen LogP contribution is 2.23. The molecule has 0 fully saturated rings. The molecule has 0 amide bonds. The van der Waals surface area contributed by atoms with Crippen molar-refractivity contribution in [3.8, 4) is 0 Å². The molecular weight excluding hydrogens is 254 g/mol. The Morgan fingerprint density at radius 1 is 1.25 bits per heavy atom. The second kappa shape index (κ2) is 5.82. The van der Waals surface area contributed by atoms with Crippen LogP contribution in [-0.4, -0.2) is 13.1 Å². The van der Waals surface area contributed by atoms with Gasteiger partial charge < -0.3 is 14.5 Å². The van der Waals surface area contributed by atoms with Gasteiger partial charge in [0.25, 0.3) is 0 Å². The highest BCUT2D eigenvalue weighted by atomic mass is 16.5. The van der Waals surface area contributed by atoms with Crippen molar-refractivity contribution in [2.24, 2.45) is 0 Å². The topological polar surface area (TPSA) is 51.5 Å². The van der Waals surface area contributed by atoms with Gasteiger partial charge in [-0.15, -0.1) is 0 Å². The van der Waals surface area contributed by atoms with Gasteiger partial charge in [-0.1, -0.05) is 17.7 Å². The quantitative estimate of drug-likeness (QED) is 0.865. The van der Waals surface area contributed by atoms with Gasteiger partial charge in [0.1, 0.15) is 0 Å². The lowest BCUT2D eigenvalue weighted by atomic mass is 10.0. The first-order chi connectivity index (χ1) is 9.52. The molecule has 20 heavy (non-hydrogen) atoms. The van der Waals surface area contributed by atoms with Gasteiger partial charge in [-0.25, -0.2) is 4.79 Å². The van der Waals surface area contributed by atoms with Crippen molar-refractivity contribution in [3.05, 3.63) is 52.5 Å². The molecule has 0 aliphatic carbocycles. The maximum Gasteiger partial charge on any atom is 0.374 e. The maximum atomic E-state index is 11.5. The maximum absolute atomic E-state index is 11.5. The summed E-state index contributed by atoms with van der Waals surface area (Å²) in [6.45, 7) is 6.73. The second-order valence-corrected chi connectivity index (χ2v) is 4.89. The molecule has 0 atom stereocenters. The largest absolute Gasteiger partial charge is 0.463 e. The highest BCUT2D eigenvalue weighted by Gasteiger charge is 2.15. The molecule has 2 aromatic rings. The molecule has 0 bridgehead atoms. The van der Waals surface area contributed by atoms with E-state index in [0.29, 0.717) is 6.54 Å². The van der Waals surface area contributed by atoms with Crippen LogP contribution >= 0.6 is 0 Å². The third-order valence-electron chi connectivity index (χ3n) is 3.25. The number of carbonyl (C=O) groups excluding carboxylic acids is 1. The zero-order valence-corrected chi connectivity index (χ0v) is 12.2. The third kappa shape index (κ3) is 2.85. The Balaban J connectivity index is 2.18. The lowest BCUT2D eigenvalue weighted by Gasteiger charge is -2.13. The molecule has 0 unspecified atom stereocenters. The number of hydrogen-bond acceptors (Lipinski definition) is 4. The summed E-state index contributed by atoms with van der Waals surface area (Å²) < 4.78 is 9.86. The van der Waals surface area contributed by atoms with E-state index in [1.165, 1.54) is 30.1 Å². The Hall–Kier alpha value is -2.23. The van der Waals surface area contributed by atoms with Crippen LogP contribution in [0.5, 0.6) is 0 Å². The van der Waals surface area contributed by atoms with E-state index in [9.17, 15) is 4.79 Å². The van der Waals surface area contributed by atoms with Crippen LogP contribution in [0.15, 0.2) is 28.9 Å². The normalized spacial score (nSPS) is 10.4. The van der Waals surface area contributed by atoms with Gasteiger partial charge in [0.15, 0.2) is 0 Å². The van der Waals surface area contributed by atoms with Crippen LogP contribution in [0.25, 0.3) is 0 Å². The van der Waals surface area contributed by atoms with E-state index < -0.39 is 5.97 Å². The third-order valence-corrected chi connectivity index (χ3v) is 3.25. The zero-order chi connectivity index (χ0) is 14.7. The monoisotopic (exact) mass is 273 g/mol. The molecular formula is C16H19NO3. The Morgan fingerprint density at radius 2 is 1.90 bits per heavy atom. The fourth-order valence-electron chi connectivity index (χ4n) is 2.39. The average molecular weight is 273 g/mol. The molecule has 1 aromatic carbocycles. The van der Waals surface area contributed by atoms with E-state index in [4.69, 9.17) is 9.15 Å². The molecule has 0 aliphatic heterocycles. The fourth-order valence-corrected chi connectivity index (χ4v) is 2.39. The summed E-state index contributed by atoms with van der Waals surface area (Å²) in [5.74, 6) is -0.202. The van der Waals surface area contributed by atoms with E-state index in [1.807, 2.05) is 0 Å². The minimum Gasteiger partial charge on any atom is -0.463 e. The molecule has 1 aromatic heterocycles. The molecule has 1 N–H and O–H groups in total. The first-order valence-electron chi connectivity index (χ1n) is 6.49. The van der Waals surface area contributed by atoms with Crippen molar-refractivity contribution < 1.29 is 13.9 Å². The van der Waals surface area contributed by atoms with Gasteiger partial charge in [-0.3, -0.25) is 0 Å². The lowest BCUT2D eigenvalue weighted by Crippen LogP contribution is -2.08. The second-order valence-electron chi connectivity index (χ2n) is 4.89. The summed E-state index contributed by atoms with van der Waals surface area (Å²) >= 11 is 0. The van der Waals surface area contributed by atoms with Crippen LogP contribution in [-0.2, 0) is 11.3 Å². The number of ether oxygens (including phenoxy) is 1. The van der Waals surface area contributed by atoms with E-state index in [-0.39, 0.29) is 5.76 Å². The Kier molecular flexibility index (Phi) is 4.13. The molecule has 0 saturated heterocycles. The van der Waals surface area contributed by atoms with Crippen molar-refractivity contribution >= 4 is 11.7 Å². The minimum atomic E-state index is -0.454. The van der Waals surface area contributed by atoms with Crippen LogP contribution < -0.4 is 5.32 Å². The summed E-state index contributed by atoms with van der Waals surface area (Å²) in [6.07, 6.45) is 1.50. The molecule has 4 nitrogen and oxygen atoms in total. The average Bonchev–Trinajstić information content (AvgIpc) is 2.85. The number of aryl methyl sites for hydroxylation is 3. The summed E-state index contributed by atoms with van der Waals surface area (Å²) in [5, 5.41) is 3.36. The van der Waals surface area contributed by atoms with E-state index >= 15 is 0 Å². The van der Waals surface area contributed by atoms with Crippen LogP contribution in [0.1, 0.15) is 32.8 Å². The van der Waals surface area contributed by atoms with E-state index in [2.05, 4.69) is 38.2 Å². The van der Waals surface area contributed by atoms with Crippen LogP contribution in [0.3, 0.4) is 0 Å². The lowest BCUT2D eigenvalue weighted by molar-refractivity contribution is 0.0563. The summed E-state index contributed by atoms with van der Waals surface area (Å²) in [4.78, 5) is 11.5. The Morgan fingerprint density at radius 3 is 2.50 bits per heavy atom. The number of carbonyl (C=O) groups is 1. The molecule has 106 valence electrons. The summed E-state index contributed by atoms with van der Waals surface area (Å²) in [6, 6.07) is 6.04. The summed E-state index contributed by atoms with van der Waals surface area (Å²) in [7, 11) is 1.34. The Labute approximate surface area is 118 Å². The van der Waals surface area contributed by atoms with Crippen LogP contribution in [0.2, 0.25) is 0 Å². The predicted octanol–water partition coefficient (Wildman–Crippen LogP) is 3.60. The molecule has 0 radical (unpaired) electrons. The predicted molar refractivity (Wildman–Crippen MR) is 78.0 cm³/mol. The van der Waals surface area contributed by atoms with Gasteiger partial charge in [0.2, 0.25) is 5.76 Å². The van der Waals surface area contributed by atoms with Gasteiger partial charge in [0, 0.05) is 17.8 Å². The van der Waals surface area contributed by atoms with Crippen molar-refractivity contribution in [2.75, 3.05) is 12.4 Å². The Bertz CT molecular complexity index is 605. The molecule has 0 saturated carbocycles. The SMILES string of the molecule is COC(=O)c1occc1CNc1c(C)cc(C)cc1C. The number of methoxy groups -OCH3 is 1. The van der Waals surface area contributed by atoms with Crippen LogP contribution in [0, 0.1) is 20.8 Å². The van der Waals surface area contributed by atoms with Gasteiger partial charge in [-0.05, 0) is 38.0 Å². The number of esters is 1. The first-order valence-corrected chi connectivity index (χ1v) is 6.49. The zero-order valence-electron chi connectivity index (χ0n) is 12.2. The molecule has 0 spiro atoms. The van der Waals surface area contributed by atoms with Crippen molar-refractivity contribution in [1.29, 1.82) is 0 Å². The van der Waals surface area contributed by atoms with Gasteiger partial charge in [0.05, 0.1) is 13.4 Å². The van der Waals surface area contributed by atoms with Crippen LogP contribution in [0.4, 0.5) is 5.69 Å². The standard InChI is InChI=1S/C16H19NO3/c1-10-7-11(2)14(12(3)8-10)17-9-13-5-6-20-15(13)16(18)19-4/h5-8,17H,9H2,1-4H3. The number of benzene rings is 1. The van der Waals surface area contributed by atoms with Crippen molar-refractivity contribution in [1.82, 2.24) is 0 Å². The number of rotatable bonds is 4. The number of furan rings is 1. The van der Waals surface area contributed by atoms with Gasteiger partial charge >= 0.3 is 5.97 Å². The van der Waals surface area contributed by atoms with Crippen molar-refractivity contribution in [2.45, 2.75) is 27.3 Å². The van der Waals surface area contributed by atoms with Gasteiger partial charge in [-0.2, -0.15) is 0 Å². The fraction of sp³-hybridized carbons (Fsp3) is 0.312. The molecule has 0 aliphatic rings. The minimum absolute atomic E-state index is 0.252. The number of hydrogen-bond donors (Lipinski definition) is 1. The smallest absolute Gasteiger partial charge is 0.374 e. The number of anilines is 1. The molecule has 1 heterocycles. The van der Waals surface area contributed by atoms with Crippen molar-refractivity contribution in [3.63, 3.8) is 0 Å². The summed E-state index contributed by atoms with van der Waals surface area (Å²) in [5.41, 5.74) is 5.49. The molecule has 4 heteroatoms. The highest BCUT2D eigenvalue weighted by molar-refractivity contribution is 5.87. The van der Waals surface area contributed by atoms with E-state index in [1.54, 1.807) is 6.07 Å². The number of nitrogens with one attached hydrogen (secondary N) is 1.